The molecule has 1 heterocycles. The average molecular weight is 261 g/mol. The number of pyridine rings is 1. The number of carbonyl (C=O) groups is 1. The predicted octanol–water partition coefficient (Wildman–Crippen LogP) is 3.59. The fourth-order valence-corrected chi connectivity index (χ4v) is 2.29. The van der Waals surface area contributed by atoms with E-state index >= 15 is 0 Å². The molecule has 3 rings (SSSR count). The summed E-state index contributed by atoms with van der Waals surface area (Å²) in [5.74, 6) is 0.194. The molecule has 0 fully saturated rings. The van der Waals surface area contributed by atoms with Gasteiger partial charge in [0.25, 0.3) is 0 Å². The van der Waals surface area contributed by atoms with E-state index in [4.69, 9.17) is 0 Å². The molecule has 0 spiro atoms. The first-order chi connectivity index (χ1) is 9.81. The van der Waals surface area contributed by atoms with Crippen molar-refractivity contribution in [3.63, 3.8) is 0 Å². The Morgan fingerprint density at radius 3 is 2.40 bits per heavy atom. The molecule has 0 radical (unpaired) electrons. The van der Waals surface area contributed by atoms with Crippen LogP contribution in [0.15, 0.2) is 66.7 Å². The largest absolute Gasteiger partial charge is 0.299 e. The highest BCUT2D eigenvalue weighted by atomic mass is 16.1. The Labute approximate surface area is 118 Å². The molecular formula is C18H15NO. The van der Waals surface area contributed by atoms with Crippen molar-refractivity contribution < 1.29 is 4.79 Å². The van der Waals surface area contributed by atoms with Gasteiger partial charge < -0.3 is 0 Å². The molecule has 0 N–H and O–H groups in total. The summed E-state index contributed by atoms with van der Waals surface area (Å²) < 4.78 is 0. The quantitative estimate of drug-likeness (QED) is 0.718. The molecule has 98 valence electrons. The molecule has 0 saturated carbocycles. The van der Waals surface area contributed by atoms with Crippen LogP contribution in [0.3, 0.4) is 0 Å². The van der Waals surface area contributed by atoms with Gasteiger partial charge in [-0.1, -0.05) is 54.6 Å². The Morgan fingerprint density at radius 2 is 1.55 bits per heavy atom. The number of hydrogen-bond acceptors (Lipinski definition) is 2. The molecule has 0 unspecified atom stereocenters. The lowest BCUT2D eigenvalue weighted by atomic mass is 10.1. The second kappa shape index (κ2) is 5.66. The maximum Gasteiger partial charge on any atom is 0.143 e. The summed E-state index contributed by atoms with van der Waals surface area (Å²) in [5, 5.41) is 1.10. The first-order valence-electron chi connectivity index (χ1n) is 6.71. The Balaban J connectivity index is 1.74. The first-order valence-corrected chi connectivity index (χ1v) is 6.71. The zero-order chi connectivity index (χ0) is 13.8. The second-order valence-corrected chi connectivity index (χ2v) is 4.87. The van der Waals surface area contributed by atoms with Crippen LogP contribution in [0.5, 0.6) is 0 Å². The Bertz CT molecular complexity index is 735. The van der Waals surface area contributed by atoms with Crippen LogP contribution >= 0.6 is 0 Å². The standard InChI is InChI=1S/C18H15NO/c20-17(12-14-6-2-1-3-7-14)13-16-11-10-15-8-4-5-9-18(15)19-16/h1-11H,12-13H2. The molecule has 0 aliphatic rings. The number of ketones is 1. The SMILES string of the molecule is O=C(Cc1ccccc1)Cc1ccc2ccccc2n1. The Hall–Kier alpha value is -2.48. The van der Waals surface area contributed by atoms with Crippen LogP contribution in [0, 0.1) is 0 Å². The van der Waals surface area contributed by atoms with Gasteiger partial charge in [-0.3, -0.25) is 9.78 Å². The first kappa shape index (κ1) is 12.5. The topological polar surface area (TPSA) is 30.0 Å². The Morgan fingerprint density at radius 1 is 0.800 bits per heavy atom. The van der Waals surface area contributed by atoms with Crippen LogP contribution in [0.4, 0.5) is 0 Å². The van der Waals surface area contributed by atoms with Gasteiger partial charge in [0.15, 0.2) is 0 Å². The summed E-state index contributed by atoms with van der Waals surface area (Å²) in [6, 6.07) is 21.7. The van der Waals surface area contributed by atoms with Gasteiger partial charge in [0.05, 0.1) is 5.52 Å². The average Bonchev–Trinajstić information content (AvgIpc) is 2.48. The zero-order valence-corrected chi connectivity index (χ0v) is 11.1. The van der Waals surface area contributed by atoms with Crippen molar-refractivity contribution in [2.24, 2.45) is 0 Å². The highest BCUT2D eigenvalue weighted by molar-refractivity contribution is 5.84. The van der Waals surface area contributed by atoms with Crippen molar-refractivity contribution in [2.45, 2.75) is 12.8 Å². The van der Waals surface area contributed by atoms with Crippen LogP contribution in [0.1, 0.15) is 11.3 Å². The third-order valence-corrected chi connectivity index (χ3v) is 3.28. The van der Waals surface area contributed by atoms with Crippen molar-refractivity contribution in [3.8, 4) is 0 Å². The van der Waals surface area contributed by atoms with Gasteiger partial charge in [-0.15, -0.1) is 0 Å². The molecule has 2 aromatic carbocycles. The molecule has 0 aliphatic heterocycles. The normalized spacial score (nSPS) is 10.6. The molecule has 0 atom stereocenters. The minimum Gasteiger partial charge on any atom is -0.299 e. The monoisotopic (exact) mass is 261 g/mol. The van der Waals surface area contributed by atoms with E-state index in [1.165, 1.54) is 0 Å². The predicted molar refractivity (Wildman–Crippen MR) is 80.6 cm³/mol. The van der Waals surface area contributed by atoms with Gasteiger partial charge in [0.2, 0.25) is 0 Å². The maximum atomic E-state index is 12.1. The smallest absolute Gasteiger partial charge is 0.143 e. The Kier molecular flexibility index (Phi) is 3.55. The van der Waals surface area contributed by atoms with Crippen molar-refractivity contribution >= 4 is 16.7 Å². The van der Waals surface area contributed by atoms with Crippen LogP contribution in [-0.4, -0.2) is 10.8 Å². The summed E-state index contributed by atoms with van der Waals surface area (Å²) in [5.41, 5.74) is 2.83. The highest BCUT2D eigenvalue weighted by Crippen LogP contribution is 2.12. The lowest BCUT2D eigenvalue weighted by Crippen LogP contribution is -2.07. The lowest BCUT2D eigenvalue weighted by molar-refractivity contribution is -0.117. The zero-order valence-electron chi connectivity index (χ0n) is 11.1. The van der Waals surface area contributed by atoms with Gasteiger partial charge in [-0.05, 0) is 17.7 Å². The third-order valence-electron chi connectivity index (χ3n) is 3.28. The lowest BCUT2D eigenvalue weighted by Gasteiger charge is -2.03. The number of nitrogens with zero attached hydrogens (tertiary/aromatic N) is 1. The van der Waals surface area contributed by atoms with E-state index in [-0.39, 0.29) is 5.78 Å². The molecule has 3 aromatic rings. The molecule has 1 aromatic heterocycles. The van der Waals surface area contributed by atoms with Crippen LogP contribution in [0.25, 0.3) is 10.9 Å². The van der Waals surface area contributed by atoms with Gasteiger partial charge in [-0.25, -0.2) is 0 Å². The number of fused-ring (bicyclic) bond motifs is 1. The minimum absolute atomic E-state index is 0.194. The summed E-state index contributed by atoms with van der Waals surface area (Å²) in [7, 11) is 0. The highest BCUT2D eigenvalue weighted by Gasteiger charge is 2.06. The van der Waals surface area contributed by atoms with E-state index in [0.717, 1.165) is 22.2 Å². The number of aromatic nitrogens is 1. The number of carbonyl (C=O) groups excluding carboxylic acids is 1. The van der Waals surface area contributed by atoms with Gasteiger partial charge in [-0.2, -0.15) is 0 Å². The number of rotatable bonds is 4. The summed E-state index contributed by atoms with van der Waals surface area (Å²) in [6.45, 7) is 0. The molecular weight excluding hydrogens is 246 g/mol. The molecule has 0 saturated heterocycles. The van der Waals surface area contributed by atoms with Crippen molar-refractivity contribution in [1.29, 1.82) is 0 Å². The fourth-order valence-electron chi connectivity index (χ4n) is 2.29. The van der Waals surface area contributed by atoms with Crippen LogP contribution < -0.4 is 0 Å². The van der Waals surface area contributed by atoms with E-state index in [1.807, 2.05) is 66.7 Å². The van der Waals surface area contributed by atoms with Gasteiger partial charge >= 0.3 is 0 Å². The molecule has 0 bridgehead atoms. The minimum atomic E-state index is 0.194. The summed E-state index contributed by atoms with van der Waals surface area (Å²) >= 11 is 0. The second-order valence-electron chi connectivity index (χ2n) is 4.87. The number of para-hydroxylation sites is 1. The van der Waals surface area contributed by atoms with E-state index in [9.17, 15) is 4.79 Å². The van der Waals surface area contributed by atoms with E-state index in [1.54, 1.807) is 0 Å². The molecule has 0 aliphatic carbocycles. The third kappa shape index (κ3) is 2.91. The van der Waals surface area contributed by atoms with Gasteiger partial charge in [0, 0.05) is 23.9 Å². The number of Topliss-reactive ketones (excluding diaryl/α,β-unsaturated/α-hetero) is 1. The summed E-state index contributed by atoms with van der Waals surface area (Å²) in [4.78, 5) is 16.6. The van der Waals surface area contributed by atoms with Crippen LogP contribution in [0.2, 0.25) is 0 Å². The molecule has 0 amide bonds. The van der Waals surface area contributed by atoms with E-state index in [0.29, 0.717) is 12.8 Å². The van der Waals surface area contributed by atoms with Crippen molar-refractivity contribution in [2.75, 3.05) is 0 Å². The maximum absolute atomic E-state index is 12.1. The van der Waals surface area contributed by atoms with E-state index in [2.05, 4.69) is 4.98 Å². The molecule has 20 heavy (non-hydrogen) atoms. The number of hydrogen-bond donors (Lipinski definition) is 0. The van der Waals surface area contributed by atoms with Crippen molar-refractivity contribution in [1.82, 2.24) is 4.98 Å². The molecule has 2 nitrogen and oxygen atoms in total. The fraction of sp³-hybridized carbons (Fsp3) is 0.111. The molecule has 2 heteroatoms. The van der Waals surface area contributed by atoms with Crippen molar-refractivity contribution in [3.05, 3.63) is 78.0 Å². The van der Waals surface area contributed by atoms with Gasteiger partial charge in [0.1, 0.15) is 5.78 Å². The summed E-state index contributed by atoms with van der Waals surface area (Å²) in [6.07, 6.45) is 0.856. The van der Waals surface area contributed by atoms with E-state index < -0.39 is 0 Å². The number of benzene rings is 2. The van der Waals surface area contributed by atoms with Crippen LogP contribution in [-0.2, 0) is 17.6 Å².